The fourth-order valence-electron chi connectivity index (χ4n) is 1.12. The predicted octanol–water partition coefficient (Wildman–Crippen LogP) is 0.900. The van der Waals surface area contributed by atoms with Crippen molar-refractivity contribution >= 4 is 11.6 Å². The number of benzene rings is 1. The summed E-state index contributed by atoms with van der Waals surface area (Å²) in [6, 6.07) is 4.39. The third kappa shape index (κ3) is 2.02. The number of tetrazole rings is 1. The Bertz CT molecular complexity index is 511. The Morgan fingerprint density at radius 2 is 2.31 bits per heavy atom. The minimum atomic E-state index is -0.544. The lowest BCUT2D eigenvalue weighted by Crippen LogP contribution is -2.14. The molecule has 0 unspecified atom stereocenters. The fraction of sp³-hybridized carbons (Fsp3) is 0.111. The first-order valence-electron chi connectivity index (χ1n) is 4.48. The Labute approximate surface area is 89.9 Å². The van der Waals surface area contributed by atoms with Gasteiger partial charge in [0, 0.05) is 5.69 Å². The maximum atomic E-state index is 13.2. The van der Waals surface area contributed by atoms with E-state index in [1.165, 1.54) is 6.07 Å². The summed E-state index contributed by atoms with van der Waals surface area (Å²) in [5.41, 5.74) is 0.857. The van der Waals surface area contributed by atoms with Crippen molar-refractivity contribution in [3.63, 3.8) is 0 Å². The van der Waals surface area contributed by atoms with Crippen molar-refractivity contribution in [2.24, 2.45) is 0 Å². The van der Waals surface area contributed by atoms with Gasteiger partial charge in [0.05, 0.1) is 0 Å². The summed E-state index contributed by atoms with van der Waals surface area (Å²) in [6.07, 6.45) is 0. The Morgan fingerprint density at radius 1 is 1.50 bits per heavy atom. The van der Waals surface area contributed by atoms with Gasteiger partial charge in [-0.25, -0.2) is 4.39 Å². The van der Waals surface area contributed by atoms with Gasteiger partial charge in [-0.2, -0.15) is 5.21 Å². The summed E-state index contributed by atoms with van der Waals surface area (Å²) in [6.45, 7) is 1.64. The molecule has 82 valence electrons. The molecule has 0 bridgehead atoms. The van der Waals surface area contributed by atoms with Crippen LogP contribution in [0.3, 0.4) is 0 Å². The summed E-state index contributed by atoms with van der Waals surface area (Å²) < 4.78 is 13.2. The van der Waals surface area contributed by atoms with Crippen LogP contribution in [0.15, 0.2) is 18.2 Å². The third-order valence-electron chi connectivity index (χ3n) is 1.98. The molecule has 0 spiro atoms. The van der Waals surface area contributed by atoms with E-state index in [1.54, 1.807) is 19.1 Å². The van der Waals surface area contributed by atoms with Gasteiger partial charge in [-0.1, -0.05) is 6.07 Å². The molecule has 2 rings (SSSR count). The molecule has 2 aromatic rings. The predicted molar refractivity (Wildman–Crippen MR) is 53.3 cm³/mol. The van der Waals surface area contributed by atoms with Gasteiger partial charge >= 0.3 is 0 Å². The largest absolute Gasteiger partial charge is 0.319 e. The van der Waals surface area contributed by atoms with E-state index in [0.29, 0.717) is 11.3 Å². The number of aryl methyl sites for hydroxylation is 1. The number of nitrogens with one attached hydrogen (secondary N) is 2. The number of carbonyl (C=O) groups is 1. The number of aromatic nitrogens is 4. The first-order chi connectivity index (χ1) is 7.66. The molecule has 0 fully saturated rings. The van der Waals surface area contributed by atoms with Crippen LogP contribution >= 0.6 is 0 Å². The molecule has 0 atom stereocenters. The molecule has 7 heteroatoms. The molecule has 1 aromatic carbocycles. The van der Waals surface area contributed by atoms with Gasteiger partial charge in [-0.3, -0.25) is 4.79 Å². The number of hydrogen-bond donors (Lipinski definition) is 2. The van der Waals surface area contributed by atoms with E-state index in [2.05, 4.69) is 25.9 Å². The van der Waals surface area contributed by atoms with Crippen molar-refractivity contribution in [1.29, 1.82) is 0 Å². The van der Waals surface area contributed by atoms with Gasteiger partial charge in [0.25, 0.3) is 11.7 Å². The number of nitrogens with zero attached hydrogens (tertiary/aromatic N) is 3. The number of aromatic amines is 1. The average Bonchev–Trinajstić information content (AvgIpc) is 2.77. The van der Waals surface area contributed by atoms with E-state index in [1.807, 2.05) is 0 Å². The Kier molecular flexibility index (Phi) is 2.59. The van der Waals surface area contributed by atoms with E-state index < -0.39 is 5.91 Å². The SMILES string of the molecule is Cc1ccc(NC(=O)c2nn[nH]n2)cc1F. The van der Waals surface area contributed by atoms with Crippen LogP contribution in [0.4, 0.5) is 10.1 Å². The number of amides is 1. The zero-order valence-corrected chi connectivity index (χ0v) is 8.36. The van der Waals surface area contributed by atoms with Crippen molar-refractivity contribution in [3.05, 3.63) is 35.4 Å². The molecule has 16 heavy (non-hydrogen) atoms. The van der Waals surface area contributed by atoms with Crippen LogP contribution in [0.25, 0.3) is 0 Å². The lowest BCUT2D eigenvalue weighted by atomic mass is 10.2. The highest BCUT2D eigenvalue weighted by Crippen LogP contribution is 2.13. The normalized spacial score (nSPS) is 10.1. The van der Waals surface area contributed by atoms with Crippen LogP contribution in [0, 0.1) is 12.7 Å². The maximum absolute atomic E-state index is 13.2. The van der Waals surface area contributed by atoms with Crippen LogP contribution < -0.4 is 5.32 Å². The van der Waals surface area contributed by atoms with Crippen molar-refractivity contribution in [2.45, 2.75) is 6.92 Å². The number of hydrogen-bond acceptors (Lipinski definition) is 4. The summed E-state index contributed by atoms with van der Waals surface area (Å²) >= 11 is 0. The van der Waals surface area contributed by atoms with E-state index in [-0.39, 0.29) is 11.6 Å². The smallest absolute Gasteiger partial charge is 0.297 e. The maximum Gasteiger partial charge on any atom is 0.297 e. The molecule has 2 N–H and O–H groups in total. The van der Waals surface area contributed by atoms with Crippen molar-refractivity contribution < 1.29 is 9.18 Å². The summed E-state index contributed by atoms with van der Waals surface area (Å²) in [5.74, 6) is -1.02. The molecule has 6 nitrogen and oxygen atoms in total. The zero-order valence-electron chi connectivity index (χ0n) is 8.36. The standard InChI is InChI=1S/C9H8FN5O/c1-5-2-3-6(4-7(5)10)11-9(16)8-12-14-15-13-8/h2-4H,1H3,(H,11,16)(H,12,13,14,15). The monoisotopic (exact) mass is 221 g/mol. The highest BCUT2D eigenvalue weighted by molar-refractivity contribution is 6.01. The lowest BCUT2D eigenvalue weighted by Gasteiger charge is -2.03. The summed E-state index contributed by atoms with van der Waals surface area (Å²) in [5, 5.41) is 14.8. The van der Waals surface area contributed by atoms with Crippen molar-refractivity contribution in [2.75, 3.05) is 5.32 Å². The van der Waals surface area contributed by atoms with E-state index >= 15 is 0 Å². The van der Waals surface area contributed by atoms with Crippen LogP contribution in [-0.4, -0.2) is 26.5 Å². The average molecular weight is 221 g/mol. The van der Waals surface area contributed by atoms with Gasteiger partial charge < -0.3 is 5.32 Å². The molecular formula is C9H8FN5O. The Morgan fingerprint density at radius 3 is 2.94 bits per heavy atom. The number of anilines is 1. The Balaban J connectivity index is 2.15. The number of H-pyrrole nitrogens is 1. The second kappa shape index (κ2) is 4.05. The van der Waals surface area contributed by atoms with Gasteiger partial charge in [0.15, 0.2) is 0 Å². The Hall–Kier alpha value is -2.31. The van der Waals surface area contributed by atoms with Crippen LogP contribution in [0.2, 0.25) is 0 Å². The van der Waals surface area contributed by atoms with Crippen LogP contribution in [0.5, 0.6) is 0 Å². The molecule has 0 radical (unpaired) electrons. The number of halogens is 1. The third-order valence-corrected chi connectivity index (χ3v) is 1.98. The molecule has 0 aliphatic carbocycles. The van der Waals surface area contributed by atoms with E-state index in [9.17, 15) is 9.18 Å². The first-order valence-corrected chi connectivity index (χ1v) is 4.48. The molecule has 0 saturated heterocycles. The minimum absolute atomic E-state index is 0.0963. The van der Waals surface area contributed by atoms with Crippen molar-refractivity contribution in [3.8, 4) is 0 Å². The number of carbonyl (C=O) groups excluding carboxylic acids is 1. The van der Waals surface area contributed by atoms with Crippen LogP contribution in [-0.2, 0) is 0 Å². The van der Waals surface area contributed by atoms with Gasteiger partial charge in [-0.05, 0) is 29.8 Å². The highest BCUT2D eigenvalue weighted by Gasteiger charge is 2.11. The molecule has 1 amide bonds. The van der Waals surface area contributed by atoms with Gasteiger partial charge in [-0.15, -0.1) is 10.2 Å². The van der Waals surface area contributed by atoms with E-state index in [0.717, 1.165) is 0 Å². The van der Waals surface area contributed by atoms with Crippen molar-refractivity contribution in [1.82, 2.24) is 20.6 Å². The number of rotatable bonds is 2. The first kappa shape index (κ1) is 10.2. The fourth-order valence-corrected chi connectivity index (χ4v) is 1.12. The lowest BCUT2D eigenvalue weighted by molar-refractivity contribution is 0.101. The van der Waals surface area contributed by atoms with Gasteiger partial charge in [0.1, 0.15) is 5.82 Å². The van der Waals surface area contributed by atoms with Crippen LogP contribution in [0.1, 0.15) is 16.2 Å². The topological polar surface area (TPSA) is 83.6 Å². The van der Waals surface area contributed by atoms with E-state index in [4.69, 9.17) is 0 Å². The molecule has 0 aliphatic rings. The summed E-state index contributed by atoms with van der Waals surface area (Å²) in [7, 11) is 0. The molecule has 0 saturated carbocycles. The highest BCUT2D eigenvalue weighted by atomic mass is 19.1. The second-order valence-corrected chi connectivity index (χ2v) is 3.15. The molecular weight excluding hydrogens is 213 g/mol. The minimum Gasteiger partial charge on any atom is -0.319 e. The summed E-state index contributed by atoms with van der Waals surface area (Å²) in [4.78, 5) is 11.5. The zero-order chi connectivity index (χ0) is 11.5. The quantitative estimate of drug-likeness (QED) is 0.789. The molecule has 1 aromatic heterocycles. The van der Waals surface area contributed by atoms with Gasteiger partial charge in [0.2, 0.25) is 0 Å². The second-order valence-electron chi connectivity index (χ2n) is 3.15. The molecule has 1 heterocycles. The molecule has 0 aliphatic heterocycles.